The average molecular weight is 234 g/mol. The van der Waals surface area contributed by atoms with Crippen LogP contribution >= 0.6 is 0 Å². The van der Waals surface area contributed by atoms with E-state index in [-0.39, 0.29) is 17.9 Å². The third kappa shape index (κ3) is 3.86. The maximum Gasteiger partial charge on any atom is 0.224 e. The summed E-state index contributed by atoms with van der Waals surface area (Å²) in [5.41, 5.74) is 9.05. The first kappa shape index (κ1) is 13.7. The van der Waals surface area contributed by atoms with E-state index in [2.05, 4.69) is 37.4 Å². The van der Waals surface area contributed by atoms with E-state index in [9.17, 15) is 4.79 Å². The van der Waals surface area contributed by atoms with E-state index in [1.165, 1.54) is 11.1 Å². The van der Waals surface area contributed by atoms with Gasteiger partial charge in [0.05, 0.1) is 6.04 Å². The molecule has 0 radical (unpaired) electrons. The van der Waals surface area contributed by atoms with E-state index in [0.29, 0.717) is 6.54 Å². The van der Waals surface area contributed by atoms with Gasteiger partial charge in [-0.25, -0.2) is 0 Å². The van der Waals surface area contributed by atoms with Crippen molar-refractivity contribution >= 4 is 5.91 Å². The zero-order chi connectivity index (χ0) is 13.0. The molecule has 1 aromatic rings. The highest BCUT2D eigenvalue weighted by molar-refractivity contribution is 5.78. The second-order valence-corrected chi connectivity index (χ2v) is 4.79. The van der Waals surface area contributed by atoms with Crippen LogP contribution in [0.15, 0.2) is 18.2 Å². The minimum atomic E-state index is -0.136. The van der Waals surface area contributed by atoms with Gasteiger partial charge < -0.3 is 11.1 Å². The SMILES string of the molecule is Cc1cc(C)cc(C(C)NC(=O)C(C)CN)c1. The molecule has 0 fully saturated rings. The second-order valence-electron chi connectivity index (χ2n) is 4.79. The molecular formula is C14H22N2O. The standard InChI is InChI=1S/C14H22N2O/c1-9-5-10(2)7-13(6-9)12(4)16-14(17)11(3)8-15/h5-7,11-12H,8,15H2,1-4H3,(H,16,17). The highest BCUT2D eigenvalue weighted by Crippen LogP contribution is 2.16. The van der Waals surface area contributed by atoms with Crippen LogP contribution in [0.1, 0.15) is 36.6 Å². The van der Waals surface area contributed by atoms with Crippen LogP contribution < -0.4 is 11.1 Å². The highest BCUT2D eigenvalue weighted by Gasteiger charge is 2.14. The van der Waals surface area contributed by atoms with Crippen LogP contribution in [0.3, 0.4) is 0 Å². The fraction of sp³-hybridized carbons (Fsp3) is 0.500. The van der Waals surface area contributed by atoms with Crippen molar-refractivity contribution in [2.24, 2.45) is 11.7 Å². The Morgan fingerprint density at radius 3 is 2.24 bits per heavy atom. The Morgan fingerprint density at radius 2 is 1.76 bits per heavy atom. The van der Waals surface area contributed by atoms with Gasteiger partial charge in [0, 0.05) is 12.5 Å². The molecular weight excluding hydrogens is 212 g/mol. The van der Waals surface area contributed by atoms with Crippen molar-refractivity contribution in [3.8, 4) is 0 Å². The summed E-state index contributed by atoms with van der Waals surface area (Å²) in [5, 5.41) is 2.98. The van der Waals surface area contributed by atoms with Crippen LogP contribution in [0.25, 0.3) is 0 Å². The van der Waals surface area contributed by atoms with E-state index in [4.69, 9.17) is 5.73 Å². The Morgan fingerprint density at radius 1 is 1.24 bits per heavy atom. The van der Waals surface area contributed by atoms with E-state index >= 15 is 0 Å². The molecule has 0 aromatic heterocycles. The quantitative estimate of drug-likeness (QED) is 0.838. The molecule has 0 bridgehead atoms. The average Bonchev–Trinajstić information content (AvgIpc) is 2.26. The van der Waals surface area contributed by atoms with Gasteiger partial charge in [0.25, 0.3) is 0 Å². The van der Waals surface area contributed by atoms with Gasteiger partial charge in [0.2, 0.25) is 5.91 Å². The number of nitrogens with one attached hydrogen (secondary N) is 1. The number of benzene rings is 1. The van der Waals surface area contributed by atoms with Crippen molar-refractivity contribution < 1.29 is 4.79 Å². The molecule has 0 saturated carbocycles. The topological polar surface area (TPSA) is 55.1 Å². The molecule has 1 amide bonds. The third-order valence-corrected chi connectivity index (χ3v) is 2.90. The number of carbonyl (C=O) groups is 1. The van der Waals surface area contributed by atoms with Crippen molar-refractivity contribution in [1.82, 2.24) is 5.32 Å². The number of hydrogen-bond acceptors (Lipinski definition) is 2. The molecule has 2 unspecified atom stereocenters. The maximum atomic E-state index is 11.7. The Kier molecular flexibility index (Phi) is 4.70. The summed E-state index contributed by atoms with van der Waals surface area (Å²) in [6.07, 6.45) is 0. The number of nitrogens with two attached hydrogens (primary N) is 1. The predicted octanol–water partition coefficient (Wildman–Crippen LogP) is 2.08. The monoisotopic (exact) mass is 234 g/mol. The Balaban J connectivity index is 2.76. The molecule has 3 heteroatoms. The minimum absolute atomic E-state index is 0.0131. The molecule has 0 aliphatic heterocycles. The van der Waals surface area contributed by atoms with Gasteiger partial charge in [0.1, 0.15) is 0 Å². The summed E-state index contributed by atoms with van der Waals surface area (Å²) in [6.45, 7) is 8.34. The predicted molar refractivity (Wildman–Crippen MR) is 70.7 cm³/mol. The molecule has 94 valence electrons. The Hall–Kier alpha value is -1.35. The van der Waals surface area contributed by atoms with E-state index < -0.39 is 0 Å². The van der Waals surface area contributed by atoms with Gasteiger partial charge >= 0.3 is 0 Å². The molecule has 3 nitrogen and oxygen atoms in total. The summed E-state index contributed by atoms with van der Waals surface area (Å²) < 4.78 is 0. The number of hydrogen-bond donors (Lipinski definition) is 2. The fourth-order valence-corrected chi connectivity index (χ4v) is 1.81. The number of amides is 1. The smallest absolute Gasteiger partial charge is 0.224 e. The molecule has 0 saturated heterocycles. The van der Waals surface area contributed by atoms with Crippen molar-refractivity contribution in [3.63, 3.8) is 0 Å². The minimum Gasteiger partial charge on any atom is -0.349 e. The van der Waals surface area contributed by atoms with Gasteiger partial charge in [-0.15, -0.1) is 0 Å². The fourth-order valence-electron chi connectivity index (χ4n) is 1.81. The largest absolute Gasteiger partial charge is 0.349 e. The van der Waals surface area contributed by atoms with E-state index in [0.717, 1.165) is 5.56 Å². The molecule has 2 atom stereocenters. The lowest BCUT2D eigenvalue weighted by Gasteiger charge is -2.18. The van der Waals surface area contributed by atoms with Gasteiger partial charge in [-0.3, -0.25) is 4.79 Å². The van der Waals surface area contributed by atoms with Crippen LogP contribution in [0.5, 0.6) is 0 Å². The number of carbonyl (C=O) groups excluding carboxylic acids is 1. The third-order valence-electron chi connectivity index (χ3n) is 2.90. The van der Waals surface area contributed by atoms with Gasteiger partial charge in [0.15, 0.2) is 0 Å². The zero-order valence-electron chi connectivity index (χ0n) is 11.1. The van der Waals surface area contributed by atoms with Crippen LogP contribution in [0, 0.1) is 19.8 Å². The van der Waals surface area contributed by atoms with Gasteiger partial charge in [-0.2, -0.15) is 0 Å². The molecule has 3 N–H and O–H groups in total. The lowest BCUT2D eigenvalue weighted by molar-refractivity contribution is -0.124. The van der Waals surface area contributed by atoms with Crippen molar-refractivity contribution in [3.05, 3.63) is 34.9 Å². The van der Waals surface area contributed by atoms with E-state index in [1.54, 1.807) is 0 Å². The first-order valence-electron chi connectivity index (χ1n) is 6.02. The molecule has 0 aliphatic rings. The lowest BCUT2D eigenvalue weighted by atomic mass is 10.0. The second kappa shape index (κ2) is 5.82. The maximum absolute atomic E-state index is 11.7. The molecule has 1 aromatic carbocycles. The molecule has 0 spiro atoms. The van der Waals surface area contributed by atoms with Crippen LogP contribution in [0.2, 0.25) is 0 Å². The lowest BCUT2D eigenvalue weighted by Crippen LogP contribution is -2.34. The first-order valence-corrected chi connectivity index (χ1v) is 6.02. The molecule has 0 aliphatic carbocycles. The summed E-state index contributed by atoms with van der Waals surface area (Å²) in [4.78, 5) is 11.7. The van der Waals surface area contributed by atoms with Crippen LogP contribution in [0.4, 0.5) is 0 Å². The molecule has 17 heavy (non-hydrogen) atoms. The first-order chi connectivity index (χ1) is 7.93. The summed E-state index contributed by atoms with van der Waals surface area (Å²) in [5.74, 6) is -0.123. The van der Waals surface area contributed by atoms with Crippen LogP contribution in [-0.4, -0.2) is 12.5 Å². The Labute approximate surface area is 103 Å². The van der Waals surface area contributed by atoms with Crippen molar-refractivity contribution in [2.45, 2.75) is 33.7 Å². The van der Waals surface area contributed by atoms with Gasteiger partial charge in [-0.1, -0.05) is 36.2 Å². The van der Waals surface area contributed by atoms with Gasteiger partial charge in [-0.05, 0) is 26.3 Å². The number of aryl methyl sites for hydroxylation is 2. The Bertz CT molecular complexity index is 381. The summed E-state index contributed by atoms with van der Waals surface area (Å²) in [7, 11) is 0. The molecule has 1 rings (SSSR count). The van der Waals surface area contributed by atoms with Crippen molar-refractivity contribution in [1.29, 1.82) is 0 Å². The summed E-state index contributed by atoms with van der Waals surface area (Å²) in [6, 6.07) is 6.35. The van der Waals surface area contributed by atoms with E-state index in [1.807, 2.05) is 13.8 Å². The van der Waals surface area contributed by atoms with Crippen molar-refractivity contribution in [2.75, 3.05) is 6.54 Å². The van der Waals surface area contributed by atoms with Crippen LogP contribution in [-0.2, 0) is 4.79 Å². The summed E-state index contributed by atoms with van der Waals surface area (Å²) >= 11 is 0. The number of rotatable bonds is 4. The zero-order valence-corrected chi connectivity index (χ0v) is 11.1. The normalized spacial score (nSPS) is 14.2. The molecule has 0 heterocycles. The highest BCUT2D eigenvalue weighted by atomic mass is 16.1.